The van der Waals surface area contributed by atoms with Crippen molar-refractivity contribution in [3.05, 3.63) is 65.9 Å². The topological polar surface area (TPSA) is 34.1 Å². The number of alkyl halides is 3. The molecule has 0 saturated carbocycles. The highest BCUT2D eigenvalue weighted by Gasteiger charge is 2.33. The number of methoxy groups -OCH3 is 1. The summed E-state index contributed by atoms with van der Waals surface area (Å²) in [5.74, 6) is 0.729. The number of hydrogen-bond acceptors (Lipinski definition) is 3. The van der Waals surface area contributed by atoms with Gasteiger partial charge in [-0.2, -0.15) is 13.2 Å². The number of rotatable bonds is 4. The van der Waals surface area contributed by atoms with Crippen LogP contribution in [0, 0.1) is 0 Å². The molecule has 3 rings (SSSR count). The van der Waals surface area contributed by atoms with E-state index in [-0.39, 0.29) is 0 Å². The monoisotopic (exact) mass is 332 g/mol. The van der Waals surface area contributed by atoms with E-state index in [0.717, 1.165) is 17.4 Å². The predicted molar refractivity (Wildman–Crippen MR) is 87.1 cm³/mol. The molecule has 0 atom stereocenters. The minimum atomic E-state index is -4.49. The maximum Gasteiger partial charge on any atom is 0.433 e. The molecule has 1 N–H and O–H groups in total. The number of halogens is 3. The van der Waals surface area contributed by atoms with Crippen LogP contribution in [0.2, 0.25) is 0 Å². The van der Waals surface area contributed by atoms with Gasteiger partial charge in [-0.25, -0.2) is 4.98 Å². The van der Waals surface area contributed by atoms with E-state index in [1.165, 1.54) is 0 Å². The highest BCUT2D eigenvalue weighted by atomic mass is 19.4. The lowest BCUT2D eigenvalue weighted by Gasteiger charge is -2.13. The standard InChI is InChI=1S/C18H15F3N2O/c1-24-13-8-6-12(7-9-13)11-22-16-10-17(18(19,20)21)23-15-5-3-2-4-14(15)16/h2-10H,11H2,1H3,(H,22,23). The van der Waals surface area contributed by atoms with Gasteiger partial charge < -0.3 is 10.1 Å². The fourth-order valence-corrected chi connectivity index (χ4v) is 2.41. The number of aromatic nitrogens is 1. The average molecular weight is 332 g/mol. The van der Waals surface area contributed by atoms with Crippen molar-refractivity contribution in [3.8, 4) is 5.75 Å². The summed E-state index contributed by atoms with van der Waals surface area (Å²) in [7, 11) is 1.58. The normalized spacial score (nSPS) is 11.5. The van der Waals surface area contributed by atoms with Crippen molar-refractivity contribution in [2.75, 3.05) is 12.4 Å². The fraction of sp³-hybridized carbons (Fsp3) is 0.167. The molecule has 0 fully saturated rings. The SMILES string of the molecule is COc1ccc(CNc2cc(C(F)(F)F)nc3ccccc23)cc1. The first-order valence-electron chi connectivity index (χ1n) is 7.31. The van der Waals surface area contributed by atoms with Gasteiger partial charge in [-0.15, -0.1) is 0 Å². The lowest BCUT2D eigenvalue weighted by molar-refractivity contribution is -0.140. The highest BCUT2D eigenvalue weighted by molar-refractivity contribution is 5.91. The third-order valence-electron chi connectivity index (χ3n) is 3.65. The first-order valence-corrected chi connectivity index (χ1v) is 7.31. The van der Waals surface area contributed by atoms with E-state index in [2.05, 4.69) is 10.3 Å². The number of benzene rings is 2. The number of nitrogens with zero attached hydrogens (tertiary/aromatic N) is 1. The van der Waals surface area contributed by atoms with E-state index in [1.54, 1.807) is 31.4 Å². The molecule has 0 aliphatic carbocycles. The van der Waals surface area contributed by atoms with E-state index in [9.17, 15) is 13.2 Å². The third kappa shape index (κ3) is 3.42. The summed E-state index contributed by atoms with van der Waals surface area (Å²) < 4.78 is 44.2. The zero-order valence-corrected chi connectivity index (χ0v) is 12.9. The number of para-hydroxylation sites is 1. The molecule has 0 saturated heterocycles. The largest absolute Gasteiger partial charge is 0.497 e. The fourth-order valence-electron chi connectivity index (χ4n) is 2.41. The van der Waals surface area contributed by atoms with Gasteiger partial charge in [0.2, 0.25) is 0 Å². The van der Waals surface area contributed by atoms with Crippen LogP contribution in [-0.2, 0) is 12.7 Å². The van der Waals surface area contributed by atoms with Gasteiger partial charge in [-0.05, 0) is 29.8 Å². The van der Waals surface area contributed by atoms with Gasteiger partial charge in [-0.1, -0.05) is 30.3 Å². The Kier molecular flexibility index (Phi) is 4.29. The van der Waals surface area contributed by atoms with Crippen molar-refractivity contribution < 1.29 is 17.9 Å². The van der Waals surface area contributed by atoms with Gasteiger partial charge in [0.05, 0.1) is 12.6 Å². The molecular weight excluding hydrogens is 317 g/mol. The number of ether oxygens (including phenoxy) is 1. The van der Waals surface area contributed by atoms with Gasteiger partial charge in [0.25, 0.3) is 0 Å². The van der Waals surface area contributed by atoms with E-state index < -0.39 is 11.9 Å². The first kappa shape index (κ1) is 16.1. The van der Waals surface area contributed by atoms with Crippen molar-refractivity contribution >= 4 is 16.6 Å². The summed E-state index contributed by atoms with van der Waals surface area (Å²) in [5.41, 5.74) is 0.747. The van der Waals surface area contributed by atoms with Crippen LogP contribution in [0.3, 0.4) is 0 Å². The smallest absolute Gasteiger partial charge is 0.433 e. The van der Waals surface area contributed by atoms with E-state index >= 15 is 0 Å². The average Bonchev–Trinajstić information content (AvgIpc) is 2.59. The number of anilines is 1. The van der Waals surface area contributed by atoms with E-state index in [1.807, 2.05) is 24.3 Å². The molecule has 24 heavy (non-hydrogen) atoms. The Bertz CT molecular complexity index is 845. The van der Waals surface area contributed by atoms with Gasteiger partial charge in [0, 0.05) is 17.6 Å². The van der Waals surface area contributed by atoms with Gasteiger partial charge in [0.1, 0.15) is 11.4 Å². The van der Waals surface area contributed by atoms with Crippen molar-refractivity contribution in [1.29, 1.82) is 0 Å². The predicted octanol–water partition coefficient (Wildman–Crippen LogP) is 4.87. The molecule has 0 aliphatic heterocycles. The van der Waals surface area contributed by atoms with Crippen LogP contribution in [-0.4, -0.2) is 12.1 Å². The molecule has 1 aromatic heterocycles. The van der Waals surface area contributed by atoms with Crippen LogP contribution in [0.25, 0.3) is 10.9 Å². The summed E-state index contributed by atoms with van der Waals surface area (Å²) in [6.07, 6.45) is -4.49. The Hall–Kier alpha value is -2.76. The molecule has 3 aromatic rings. The number of fused-ring (bicyclic) bond motifs is 1. The number of nitrogens with one attached hydrogen (secondary N) is 1. The molecule has 3 nitrogen and oxygen atoms in total. The summed E-state index contributed by atoms with van der Waals surface area (Å²) in [6, 6.07) is 15.2. The van der Waals surface area contributed by atoms with Crippen LogP contribution >= 0.6 is 0 Å². The molecule has 0 spiro atoms. The Balaban J connectivity index is 1.92. The summed E-state index contributed by atoms with van der Waals surface area (Å²) >= 11 is 0. The minimum absolute atomic E-state index is 0.310. The second-order valence-corrected chi connectivity index (χ2v) is 5.27. The number of pyridine rings is 1. The maximum atomic E-state index is 13.0. The van der Waals surface area contributed by atoms with Crippen LogP contribution in [0.15, 0.2) is 54.6 Å². The molecule has 0 aliphatic rings. The Morgan fingerprint density at radius 1 is 1.04 bits per heavy atom. The van der Waals surface area contributed by atoms with Crippen molar-refractivity contribution in [2.24, 2.45) is 0 Å². The summed E-state index contributed by atoms with van der Waals surface area (Å²) in [6.45, 7) is 0.398. The quantitative estimate of drug-likeness (QED) is 0.740. The minimum Gasteiger partial charge on any atom is -0.497 e. The van der Waals surface area contributed by atoms with Crippen molar-refractivity contribution in [1.82, 2.24) is 4.98 Å². The Morgan fingerprint density at radius 3 is 2.42 bits per heavy atom. The molecule has 124 valence electrons. The molecule has 0 bridgehead atoms. The van der Waals surface area contributed by atoms with Crippen molar-refractivity contribution in [3.63, 3.8) is 0 Å². The molecule has 6 heteroatoms. The van der Waals surface area contributed by atoms with E-state index in [4.69, 9.17) is 4.74 Å². The van der Waals surface area contributed by atoms with E-state index in [0.29, 0.717) is 23.1 Å². The molecule has 2 aromatic carbocycles. The third-order valence-corrected chi connectivity index (χ3v) is 3.65. The second-order valence-electron chi connectivity index (χ2n) is 5.27. The van der Waals surface area contributed by atoms with Crippen molar-refractivity contribution in [2.45, 2.75) is 12.7 Å². The zero-order chi connectivity index (χ0) is 17.2. The molecule has 0 amide bonds. The lowest BCUT2D eigenvalue weighted by Crippen LogP contribution is -2.10. The van der Waals surface area contributed by atoms with Gasteiger partial charge in [-0.3, -0.25) is 0 Å². The summed E-state index contributed by atoms with van der Waals surface area (Å²) in [5, 5.41) is 3.72. The van der Waals surface area contributed by atoms with Crippen LogP contribution in [0.5, 0.6) is 5.75 Å². The second kappa shape index (κ2) is 6.39. The molecule has 1 heterocycles. The Morgan fingerprint density at radius 2 is 1.75 bits per heavy atom. The molecule has 0 radical (unpaired) electrons. The highest BCUT2D eigenvalue weighted by Crippen LogP contribution is 2.33. The number of hydrogen-bond donors (Lipinski definition) is 1. The van der Waals surface area contributed by atoms with Crippen LogP contribution in [0.1, 0.15) is 11.3 Å². The zero-order valence-electron chi connectivity index (χ0n) is 12.9. The Labute approximate surface area is 137 Å². The first-order chi connectivity index (χ1) is 11.5. The molecular formula is C18H15F3N2O. The molecule has 0 unspecified atom stereocenters. The summed E-state index contributed by atoms with van der Waals surface area (Å²) in [4.78, 5) is 3.70. The lowest BCUT2D eigenvalue weighted by atomic mass is 10.1. The van der Waals surface area contributed by atoms with Gasteiger partial charge >= 0.3 is 6.18 Å². The maximum absolute atomic E-state index is 13.0. The van der Waals surface area contributed by atoms with Crippen LogP contribution in [0.4, 0.5) is 18.9 Å². The van der Waals surface area contributed by atoms with Gasteiger partial charge in [0.15, 0.2) is 0 Å². The van der Waals surface area contributed by atoms with Crippen LogP contribution < -0.4 is 10.1 Å².